The number of carbonyl (C=O) groups is 1. The molecule has 2 aromatic rings. The van der Waals surface area contributed by atoms with Gasteiger partial charge < -0.3 is 15.4 Å². The molecule has 0 aromatic heterocycles. The quantitative estimate of drug-likeness (QED) is 0.848. The fourth-order valence-corrected chi connectivity index (χ4v) is 2.23. The Bertz CT molecular complexity index is 690. The van der Waals surface area contributed by atoms with Crippen LogP contribution in [0.4, 0.5) is 13.6 Å². The topological polar surface area (TPSA) is 50.4 Å². The van der Waals surface area contributed by atoms with E-state index in [2.05, 4.69) is 10.6 Å². The molecule has 2 rings (SSSR count). The van der Waals surface area contributed by atoms with E-state index in [1.54, 1.807) is 14.0 Å². The third-order valence-electron chi connectivity index (χ3n) is 3.65. The summed E-state index contributed by atoms with van der Waals surface area (Å²) in [4.78, 5) is 11.9. The molecule has 2 amide bonds. The van der Waals surface area contributed by atoms with Gasteiger partial charge in [-0.15, -0.1) is 0 Å². The first kappa shape index (κ1) is 17.7. The van der Waals surface area contributed by atoms with Crippen LogP contribution in [0.15, 0.2) is 42.5 Å². The Hall–Kier alpha value is -2.63. The lowest BCUT2D eigenvalue weighted by molar-refractivity contribution is 0.238. The molecule has 0 fully saturated rings. The van der Waals surface area contributed by atoms with Gasteiger partial charge in [0.1, 0.15) is 5.75 Å². The molecule has 24 heavy (non-hydrogen) atoms. The summed E-state index contributed by atoms with van der Waals surface area (Å²) in [7, 11) is 1.61. The largest absolute Gasteiger partial charge is 0.497 e. The van der Waals surface area contributed by atoms with Gasteiger partial charge in [-0.3, -0.25) is 0 Å². The van der Waals surface area contributed by atoms with Gasteiger partial charge in [0.25, 0.3) is 0 Å². The van der Waals surface area contributed by atoms with Gasteiger partial charge in [-0.25, -0.2) is 13.6 Å². The number of halogens is 2. The highest BCUT2D eigenvalue weighted by Crippen LogP contribution is 2.15. The molecule has 2 N–H and O–H groups in total. The predicted molar refractivity (Wildman–Crippen MR) is 88.0 cm³/mol. The summed E-state index contributed by atoms with van der Waals surface area (Å²) in [6.45, 7) is 2.17. The molecule has 0 aliphatic rings. The van der Waals surface area contributed by atoms with E-state index in [9.17, 15) is 13.6 Å². The molecule has 2 aromatic carbocycles. The van der Waals surface area contributed by atoms with Gasteiger partial charge in [-0.2, -0.15) is 0 Å². The Morgan fingerprint density at radius 1 is 1.12 bits per heavy atom. The second kappa shape index (κ2) is 8.29. The standard InChI is InChI=1S/C18H20F2N2O2/c1-12(14-5-8-16(19)17(20)11-14)22-18(23)21-10-9-13-3-6-15(24-2)7-4-13/h3-8,11-12H,9-10H2,1-2H3,(H2,21,22,23). The van der Waals surface area contributed by atoms with Gasteiger partial charge in [-0.05, 0) is 48.7 Å². The van der Waals surface area contributed by atoms with E-state index in [1.165, 1.54) is 6.07 Å². The van der Waals surface area contributed by atoms with Crippen LogP contribution in [-0.4, -0.2) is 19.7 Å². The molecule has 6 heteroatoms. The minimum absolute atomic E-state index is 0.360. The average molecular weight is 334 g/mol. The fraction of sp³-hybridized carbons (Fsp3) is 0.278. The van der Waals surface area contributed by atoms with E-state index in [-0.39, 0.29) is 6.03 Å². The highest BCUT2D eigenvalue weighted by Gasteiger charge is 2.11. The van der Waals surface area contributed by atoms with Gasteiger partial charge in [0.05, 0.1) is 13.2 Å². The lowest BCUT2D eigenvalue weighted by Crippen LogP contribution is -2.38. The molecule has 0 radical (unpaired) electrons. The lowest BCUT2D eigenvalue weighted by atomic mass is 10.1. The molecule has 0 saturated heterocycles. The average Bonchev–Trinajstić information content (AvgIpc) is 2.58. The third-order valence-corrected chi connectivity index (χ3v) is 3.65. The second-order valence-corrected chi connectivity index (χ2v) is 5.39. The van der Waals surface area contributed by atoms with Gasteiger partial charge in [0, 0.05) is 6.54 Å². The number of methoxy groups -OCH3 is 1. The molecule has 0 saturated carbocycles. The maximum atomic E-state index is 13.2. The Kier molecular flexibility index (Phi) is 6.12. The van der Waals surface area contributed by atoms with Crippen LogP contribution in [-0.2, 0) is 6.42 Å². The van der Waals surface area contributed by atoms with E-state index in [0.717, 1.165) is 23.4 Å². The molecular formula is C18H20F2N2O2. The number of nitrogens with one attached hydrogen (secondary N) is 2. The number of carbonyl (C=O) groups excluding carboxylic acids is 1. The molecule has 0 aliphatic carbocycles. The summed E-state index contributed by atoms with van der Waals surface area (Å²) in [5, 5.41) is 5.43. The number of ether oxygens (including phenoxy) is 1. The number of rotatable bonds is 6. The van der Waals surface area contributed by atoms with Crippen molar-refractivity contribution in [2.75, 3.05) is 13.7 Å². The molecule has 4 nitrogen and oxygen atoms in total. The maximum absolute atomic E-state index is 13.2. The van der Waals surface area contributed by atoms with Gasteiger partial charge >= 0.3 is 6.03 Å². The third kappa shape index (κ3) is 4.94. The monoisotopic (exact) mass is 334 g/mol. The molecule has 0 aliphatic heterocycles. The zero-order valence-corrected chi connectivity index (χ0v) is 13.6. The van der Waals surface area contributed by atoms with E-state index >= 15 is 0 Å². The first-order chi connectivity index (χ1) is 11.5. The van der Waals surface area contributed by atoms with Crippen LogP contribution < -0.4 is 15.4 Å². The van der Waals surface area contributed by atoms with Crippen molar-refractivity contribution in [2.45, 2.75) is 19.4 Å². The summed E-state index contributed by atoms with van der Waals surface area (Å²) in [6, 6.07) is 10.4. The van der Waals surface area contributed by atoms with Gasteiger partial charge in [0.2, 0.25) is 0 Å². The number of amides is 2. The van der Waals surface area contributed by atoms with Gasteiger partial charge in [-0.1, -0.05) is 18.2 Å². The van der Waals surface area contributed by atoms with Crippen molar-refractivity contribution in [3.63, 3.8) is 0 Å². The Balaban J connectivity index is 1.78. The fourth-order valence-electron chi connectivity index (χ4n) is 2.23. The van der Waals surface area contributed by atoms with Crippen molar-refractivity contribution < 1.29 is 18.3 Å². The number of hydrogen-bond acceptors (Lipinski definition) is 2. The van der Waals surface area contributed by atoms with Crippen LogP contribution in [0, 0.1) is 11.6 Å². The Morgan fingerprint density at radius 2 is 1.83 bits per heavy atom. The molecular weight excluding hydrogens is 314 g/mol. The van der Waals surface area contributed by atoms with E-state index in [1.807, 2.05) is 24.3 Å². The maximum Gasteiger partial charge on any atom is 0.315 e. The van der Waals surface area contributed by atoms with Crippen LogP contribution in [0.3, 0.4) is 0 Å². The number of urea groups is 1. The summed E-state index contributed by atoms with van der Waals surface area (Å²) in [5.41, 5.74) is 1.57. The molecule has 0 bridgehead atoms. The van der Waals surface area contributed by atoms with Crippen molar-refractivity contribution in [3.8, 4) is 5.75 Å². The van der Waals surface area contributed by atoms with Crippen LogP contribution in [0.5, 0.6) is 5.75 Å². The highest BCUT2D eigenvalue weighted by atomic mass is 19.2. The zero-order chi connectivity index (χ0) is 17.5. The molecule has 0 heterocycles. The summed E-state index contributed by atoms with van der Waals surface area (Å²) < 4.78 is 31.2. The smallest absolute Gasteiger partial charge is 0.315 e. The summed E-state index contributed by atoms with van der Waals surface area (Å²) >= 11 is 0. The Labute approximate surface area is 139 Å². The molecule has 128 valence electrons. The highest BCUT2D eigenvalue weighted by molar-refractivity contribution is 5.74. The first-order valence-corrected chi connectivity index (χ1v) is 7.62. The van der Waals surface area contributed by atoms with E-state index < -0.39 is 17.7 Å². The van der Waals surface area contributed by atoms with Crippen molar-refractivity contribution in [2.24, 2.45) is 0 Å². The second-order valence-electron chi connectivity index (χ2n) is 5.39. The van der Waals surface area contributed by atoms with Crippen LogP contribution in [0.25, 0.3) is 0 Å². The summed E-state index contributed by atoms with van der Waals surface area (Å²) in [5.74, 6) is -1.05. The molecule has 1 unspecified atom stereocenters. The zero-order valence-electron chi connectivity index (χ0n) is 13.6. The minimum Gasteiger partial charge on any atom is -0.497 e. The lowest BCUT2D eigenvalue weighted by Gasteiger charge is -2.15. The van der Waals surface area contributed by atoms with Crippen LogP contribution in [0.1, 0.15) is 24.1 Å². The van der Waals surface area contributed by atoms with Crippen LogP contribution >= 0.6 is 0 Å². The van der Waals surface area contributed by atoms with Crippen molar-refractivity contribution >= 4 is 6.03 Å². The van der Waals surface area contributed by atoms with Crippen molar-refractivity contribution in [3.05, 3.63) is 65.2 Å². The molecule has 1 atom stereocenters. The van der Waals surface area contributed by atoms with Crippen LogP contribution in [0.2, 0.25) is 0 Å². The Morgan fingerprint density at radius 3 is 2.46 bits per heavy atom. The number of benzene rings is 2. The first-order valence-electron chi connectivity index (χ1n) is 7.62. The summed E-state index contributed by atoms with van der Waals surface area (Å²) in [6.07, 6.45) is 0.678. The predicted octanol–water partition coefficient (Wildman–Crippen LogP) is 3.58. The van der Waals surface area contributed by atoms with Crippen molar-refractivity contribution in [1.82, 2.24) is 10.6 Å². The van der Waals surface area contributed by atoms with E-state index in [0.29, 0.717) is 18.5 Å². The molecule has 0 spiro atoms. The normalized spacial score (nSPS) is 11.7. The SMILES string of the molecule is COc1ccc(CCNC(=O)NC(C)c2ccc(F)c(F)c2)cc1. The van der Waals surface area contributed by atoms with Crippen molar-refractivity contribution in [1.29, 1.82) is 0 Å². The number of hydrogen-bond donors (Lipinski definition) is 2. The minimum atomic E-state index is -0.930. The van der Waals surface area contributed by atoms with E-state index in [4.69, 9.17) is 4.74 Å². The van der Waals surface area contributed by atoms with Gasteiger partial charge in [0.15, 0.2) is 11.6 Å².